The molecule has 3 aliphatic heterocycles. The minimum Gasteiger partial charge on any atom is -0.486 e. The molecule has 3 aliphatic rings. The van der Waals surface area contributed by atoms with E-state index in [2.05, 4.69) is 46.3 Å². The van der Waals surface area contributed by atoms with Crippen LogP contribution >= 0.6 is 11.6 Å². The van der Waals surface area contributed by atoms with Gasteiger partial charge in [-0.25, -0.2) is 4.98 Å². The molecule has 4 heterocycles. The minimum absolute atomic E-state index is 0.589. The molecular formula is C27H24ClN3O2. The first-order chi connectivity index (χ1) is 16.2. The van der Waals surface area contributed by atoms with E-state index < -0.39 is 0 Å². The molecule has 0 fully saturated rings. The molecule has 6 rings (SSSR count). The lowest BCUT2D eigenvalue weighted by atomic mass is 9.92. The van der Waals surface area contributed by atoms with E-state index in [0.29, 0.717) is 19.8 Å². The number of pyridine rings is 1. The van der Waals surface area contributed by atoms with Crippen molar-refractivity contribution in [2.45, 2.75) is 13.1 Å². The van der Waals surface area contributed by atoms with Crippen LogP contribution in [-0.4, -0.2) is 36.2 Å². The van der Waals surface area contributed by atoms with Gasteiger partial charge < -0.3 is 14.4 Å². The lowest BCUT2D eigenvalue weighted by molar-refractivity contribution is 0.171. The van der Waals surface area contributed by atoms with Gasteiger partial charge in [0, 0.05) is 49.2 Å². The first kappa shape index (κ1) is 20.3. The summed E-state index contributed by atoms with van der Waals surface area (Å²) in [6, 6.07) is 18.5. The highest BCUT2D eigenvalue weighted by molar-refractivity contribution is 6.30. The molecule has 0 unspecified atom stereocenters. The lowest BCUT2D eigenvalue weighted by Gasteiger charge is -2.35. The molecule has 0 N–H and O–H groups in total. The van der Waals surface area contributed by atoms with Crippen LogP contribution in [0.5, 0.6) is 11.5 Å². The summed E-state index contributed by atoms with van der Waals surface area (Å²) in [5, 5.41) is 0.781. The first-order valence-corrected chi connectivity index (χ1v) is 11.6. The number of benzene rings is 2. The first-order valence-electron chi connectivity index (χ1n) is 11.2. The molecule has 0 spiro atoms. The monoisotopic (exact) mass is 457 g/mol. The average molecular weight is 458 g/mol. The molecule has 6 heteroatoms. The summed E-state index contributed by atoms with van der Waals surface area (Å²) in [5.41, 5.74) is 6.17. The van der Waals surface area contributed by atoms with Gasteiger partial charge in [-0.2, -0.15) is 0 Å². The molecule has 0 atom stereocenters. The van der Waals surface area contributed by atoms with Crippen LogP contribution in [-0.2, 0) is 13.1 Å². The summed E-state index contributed by atoms with van der Waals surface area (Å²) in [6.45, 7) is 4.54. The van der Waals surface area contributed by atoms with Crippen LogP contribution in [0.2, 0.25) is 5.02 Å². The number of ether oxygens (including phenoxy) is 2. The van der Waals surface area contributed by atoms with Crippen LogP contribution in [0.3, 0.4) is 0 Å². The van der Waals surface area contributed by atoms with Crippen molar-refractivity contribution in [2.24, 2.45) is 0 Å². The number of aromatic nitrogens is 1. The predicted molar refractivity (Wildman–Crippen MR) is 131 cm³/mol. The van der Waals surface area contributed by atoms with Crippen LogP contribution < -0.4 is 14.4 Å². The van der Waals surface area contributed by atoms with E-state index >= 15 is 0 Å². The number of fused-ring (bicyclic) bond motifs is 4. The van der Waals surface area contributed by atoms with E-state index in [4.69, 9.17) is 26.1 Å². The summed E-state index contributed by atoms with van der Waals surface area (Å²) in [4.78, 5) is 9.41. The quantitative estimate of drug-likeness (QED) is 0.530. The molecule has 0 amide bonds. The molecule has 1 aromatic heterocycles. The zero-order chi connectivity index (χ0) is 22.2. The zero-order valence-corrected chi connectivity index (χ0v) is 19.0. The molecule has 3 aromatic rings. The maximum absolute atomic E-state index is 6.20. The predicted octanol–water partition coefficient (Wildman–Crippen LogP) is 5.31. The Balaban J connectivity index is 1.29. The topological polar surface area (TPSA) is 37.8 Å². The Labute approximate surface area is 198 Å². The molecule has 0 aliphatic carbocycles. The van der Waals surface area contributed by atoms with Crippen molar-refractivity contribution in [3.05, 3.63) is 100 Å². The van der Waals surface area contributed by atoms with Gasteiger partial charge in [-0.1, -0.05) is 35.9 Å². The van der Waals surface area contributed by atoms with Crippen molar-refractivity contribution >= 4 is 23.0 Å². The van der Waals surface area contributed by atoms with Crippen LogP contribution in [0.25, 0.3) is 5.57 Å². The summed E-state index contributed by atoms with van der Waals surface area (Å²) in [5.74, 6) is 2.62. The second-order valence-corrected chi connectivity index (χ2v) is 8.99. The average Bonchev–Trinajstić information content (AvgIpc) is 2.84. The van der Waals surface area contributed by atoms with Gasteiger partial charge in [0.25, 0.3) is 0 Å². The van der Waals surface area contributed by atoms with Gasteiger partial charge >= 0.3 is 0 Å². The second-order valence-electron chi connectivity index (χ2n) is 8.55. The molecule has 33 heavy (non-hydrogen) atoms. The van der Waals surface area contributed by atoms with Gasteiger partial charge in [0.05, 0.1) is 0 Å². The van der Waals surface area contributed by atoms with Crippen molar-refractivity contribution in [3.8, 4) is 11.5 Å². The molecule has 0 saturated carbocycles. The zero-order valence-electron chi connectivity index (χ0n) is 18.2. The smallest absolute Gasteiger partial charge is 0.161 e. The molecule has 5 nitrogen and oxygen atoms in total. The highest BCUT2D eigenvalue weighted by Gasteiger charge is 2.27. The van der Waals surface area contributed by atoms with Crippen molar-refractivity contribution < 1.29 is 9.47 Å². The van der Waals surface area contributed by atoms with Gasteiger partial charge in [0.1, 0.15) is 19.0 Å². The second kappa shape index (κ2) is 8.58. The van der Waals surface area contributed by atoms with Gasteiger partial charge in [-0.3, -0.25) is 4.90 Å². The molecular weight excluding hydrogens is 434 g/mol. The normalized spacial score (nSPS) is 17.1. The SMILES string of the molecule is Clc1cccc(CN2CC=C3C(=CN(Cc4ccc5c(c4)OCCO5)c4ncccc43)C2)c1. The van der Waals surface area contributed by atoms with Crippen LogP contribution in [0.1, 0.15) is 16.7 Å². The third-order valence-electron chi connectivity index (χ3n) is 6.21. The molecule has 0 bridgehead atoms. The molecule has 0 radical (unpaired) electrons. The fourth-order valence-electron chi connectivity index (χ4n) is 4.74. The third-order valence-corrected chi connectivity index (χ3v) is 6.44. The Bertz CT molecular complexity index is 1270. The maximum Gasteiger partial charge on any atom is 0.161 e. The van der Waals surface area contributed by atoms with Crippen LogP contribution in [0.15, 0.2) is 78.6 Å². The summed E-state index contributed by atoms with van der Waals surface area (Å²) < 4.78 is 11.5. The van der Waals surface area contributed by atoms with Crippen LogP contribution in [0, 0.1) is 0 Å². The number of halogens is 1. The fourth-order valence-corrected chi connectivity index (χ4v) is 4.95. The summed E-state index contributed by atoms with van der Waals surface area (Å²) in [6.07, 6.45) is 6.44. The number of nitrogens with zero attached hydrogens (tertiary/aromatic N) is 3. The van der Waals surface area contributed by atoms with Crippen molar-refractivity contribution in [2.75, 3.05) is 31.2 Å². The number of hydrogen-bond acceptors (Lipinski definition) is 5. The van der Waals surface area contributed by atoms with E-state index in [1.807, 2.05) is 36.5 Å². The molecule has 2 aromatic carbocycles. The van der Waals surface area contributed by atoms with E-state index in [9.17, 15) is 0 Å². The summed E-state index contributed by atoms with van der Waals surface area (Å²) in [7, 11) is 0. The Morgan fingerprint density at radius 3 is 2.70 bits per heavy atom. The van der Waals surface area contributed by atoms with E-state index in [1.54, 1.807) is 0 Å². The highest BCUT2D eigenvalue weighted by Crippen LogP contribution is 2.39. The van der Waals surface area contributed by atoms with Gasteiger partial charge in [-0.05, 0) is 58.7 Å². The van der Waals surface area contributed by atoms with Gasteiger partial charge in [0.2, 0.25) is 0 Å². The van der Waals surface area contributed by atoms with E-state index in [-0.39, 0.29) is 0 Å². The molecule has 0 saturated heterocycles. The number of anilines is 1. The fraction of sp³-hybridized carbons (Fsp3) is 0.222. The maximum atomic E-state index is 6.20. The van der Waals surface area contributed by atoms with Gasteiger partial charge in [-0.15, -0.1) is 0 Å². The Morgan fingerprint density at radius 2 is 1.79 bits per heavy atom. The third kappa shape index (κ3) is 4.10. The molecule has 166 valence electrons. The van der Waals surface area contributed by atoms with Crippen LogP contribution in [0.4, 0.5) is 5.82 Å². The van der Waals surface area contributed by atoms with Crippen molar-refractivity contribution in [3.63, 3.8) is 0 Å². The van der Waals surface area contributed by atoms with Gasteiger partial charge in [0.15, 0.2) is 11.5 Å². The number of hydrogen-bond donors (Lipinski definition) is 0. The number of rotatable bonds is 4. The lowest BCUT2D eigenvalue weighted by Crippen LogP contribution is -2.33. The minimum atomic E-state index is 0.589. The highest BCUT2D eigenvalue weighted by atomic mass is 35.5. The van der Waals surface area contributed by atoms with E-state index in [0.717, 1.165) is 47.5 Å². The Kier molecular flexibility index (Phi) is 5.29. The van der Waals surface area contributed by atoms with Crippen molar-refractivity contribution in [1.82, 2.24) is 9.88 Å². The Morgan fingerprint density at radius 1 is 0.909 bits per heavy atom. The Hall–Kier alpha value is -3.28. The van der Waals surface area contributed by atoms with E-state index in [1.165, 1.54) is 22.3 Å². The van der Waals surface area contributed by atoms with Crippen molar-refractivity contribution in [1.29, 1.82) is 0 Å². The largest absolute Gasteiger partial charge is 0.486 e. The summed E-state index contributed by atoms with van der Waals surface area (Å²) >= 11 is 6.20. The standard InChI is InChI=1S/C27H24ClN3O2/c28-22-4-1-3-19(13-22)15-30-10-8-23-21(17-30)18-31(27-24(23)5-2-9-29-27)16-20-6-7-25-26(14-20)33-12-11-32-25/h1-9,13-14,18H,10-12,15-17H2.